The summed E-state index contributed by atoms with van der Waals surface area (Å²) in [6.45, 7) is -0.380. The first-order valence-corrected chi connectivity index (χ1v) is 9.25. The number of nitrogens with two attached hydrogens (primary N) is 1. The highest BCUT2D eigenvalue weighted by molar-refractivity contribution is 5.70. The monoisotopic (exact) mass is 484 g/mol. The Balaban J connectivity index is 1.97. The van der Waals surface area contributed by atoms with Crippen molar-refractivity contribution in [2.45, 2.75) is 6.18 Å². The first-order valence-electron chi connectivity index (χ1n) is 9.25. The van der Waals surface area contributed by atoms with Crippen LogP contribution in [0.3, 0.4) is 0 Å². The molecule has 1 aromatic carbocycles. The fourth-order valence-corrected chi connectivity index (χ4v) is 2.77. The van der Waals surface area contributed by atoms with Crippen molar-refractivity contribution in [1.29, 1.82) is 0 Å². The van der Waals surface area contributed by atoms with Gasteiger partial charge in [0.05, 0.1) is 24.7 Å². The number of carbonyl (C=O) groups is 1. The smallest absolute Gasteiger partial charge is 0.431 e. The molecule has 3 aromatic rings. The highest BCUT2D eigenvalue weighted by Gasteiger charge is 2.35. The third-order valence-corrected chi connectivity index (χ3v) is 4.43. The lowest BCUT2D eigenvalue weighted by atomic mass is 10.2. The van der Waals surface area contributed by atoms with Crippen LogP contribution < -0.4 is 26.5 Å². The van der Waals surface area contributed by atoms with Crippen LogP contribution in [0, 0.1) is 5.82 Å². The summed E-state index contributed by atoms with van der Waals surface area (Å²) in [5.74, 6) is -1.85. The number of alkyl halides is 3. The Bertz CT molecular complexity index is 1350. The zero-order chi connectivity index (χ0) is 25.2. The van der Waals surface area contributed by atoms with Gasteiger partial charge < -0.3 is 19.9 Å². The molecule has 0 aliphatic heterocycles. The number of carbonyl (C=O) groups excluding carboxylic acids is 1. The molecule has 0 atom stereocenters. The summed E-state index contributed by atoms with van der Waals surface area (Å²) in [6, 6.07) is 4.52. The number of esters is 1. The molecule has 180 valence electrons. The van der Waals surface area contributed by atoms with E-state index in [0.717, 1.165) is 19.2 Å². The van der Waals surface area contributed by atoms with E-state index in [1.807, 2.05) is 0 Å². The second kappa shape index (κ2) is 9.25. The fourth-order valence-electron chi connectivity index (χ4n) is 2.77. The van der Waals surface area contributed by atoms with Gasteiger partial charge in [0.25, 0.3) is 5.56 Å². The van der Waals surface area contributed by atoms with E-state index >= 15 is 0 Å². The molecule has 0 aliphatic carbocycles. The van der Waals surface area contributed by atoms with Crippen molar-refractivity contribution >= 4 is 11.7 Å². The molecular weight excluding hydrogens is 468 g/mol. The van der Waals surface area contributed by atoms with Crippen LogP contribution in [-0.2, 0) is 22.8 Å². The number of nitrogens with zero attached hydrogens (tertiary/aromatic N) is 3. The molecule has 0 spiro atoms. The van der Waals surface area contributed by atoms with Crippen LogP contribution in [0.5, 0.6) is 17.4 Å². The Kier molecular flexibility index (Phi) is 6.61. The van der Waals surface area contributed by atoms with Crippen LogP contribution >= 0.6 is 0 Å². The first-order chi connectivity index (χ1) is 15.9. The standard InChI is InChI=1S/C20H16F4N4O6/c1-27-15(20(22,23)24)7-17(29)28(19(27)31)13-6-14(12(25)5-11(13)21)34-10-3-4-16(26-8-10)33-9-18(30)32-2/h3-8H,9,25H2,1-2H3. The van der Waals surface area contributed by atoms with E-state index in [0.29, 0.717) is 0 Å². The number of hydrogen-bond acceptors (Lipinski definition) is 8. The lowest BCUT2D eigenvalue weighted by Gasteiger charge is -2.16. The van der Waals surface area contributed by atoms with E-state index in [4.69, 9.17) is 15.2 Å². The number of pyridine rings is 1. The molecule has 3 rings (SSSR count). The van der Waals surface area contributed by atoms with E-state index in [-0.39, 0.29) is 44.9 Å². The van der Waals surface area contributed by atoms with Crippen molar-refractivity contribution < 1.29 is 36.6 Å². The molecule has 0 saturated heterocycles. The molecular formula is C20H16F4N4O6. The molecule has 2 aromatic heterocycles. The minimum atomic E-state index is -4.97. The second-order valence-electron chi connectivity index (χ2n) is 6.68. The minimum absolute atomic E-state index is 0.0605. The zero-order valence-corrected chi connectivity index (χ0v) is 17.6. The third kappa shape index (κ3) is 5.00. The van der Waals surface area contributed by atoms with Gasteiger partial charge in [-0.05, 0) is 6.07 Å². The van der Waals surface area contributed by atoms with Crippen molar-refractivity contribution in [3.05, 3.63) is 68.9 Å². The summed E-state index contributed by atoms with van der Waals surface area (Å²) >= 11 is 0. The number of rotatable bonds is 6. The SMILES string of the molecule is COC(=O)COc1ccc(Oc2cc(-n3c(=O)cc(C(F)(F)F)n(C)c3=O)c(F)cc2N)cn1. The van der Waals surface area contributed by atoms with Gasteiger partial charge in [-0.3, -0.25) is 9.36 Å². The second-order valence-corrected chi connectivity index (χ2v) is 6.68. The predicted molar refractivity (Wildman–Crippen MR) is 108 cm³/mol. The van der Waals surface area contributed by atoms with Gasteiger partial charge in [0.15, 0.2) is 12.4 Å². The zero-order valence-electron chi connectivity index (χ0n) is 17.6. The van der Waals surface area contributed by atoms with Gasteiger partial charge in [0, 0.05) is 31.3 Å². The maximum Gasteiger partial charge on any atom is 0.431 e. The summed E-state index contributed by atoms with van der Waals surface area (Å²) in [4.78, 5) is 39.7. The van der Waals surface area contributed by atoms with Crippen molar-refractivity contribution in [1.82, 2.24) is 14.1 Å². The quantitative estimate of drug-likeness (QED) is 0.320. The number of aromatic nitrogens is 3. The Morgan fingerprint density at radius 3 is 2.47 bits per heavy atom. The lowest BCUT2D eigenvalue weighted by molar-refractivity contribution is -0.144. The number of nitrogen functional groups attached to an aromatic ring is 1. The molecule has 0 aliphatic rings. The molecule has 2 heterocycles. The third-order valence-electron chi connectivity index (χ3n) is 4.43. The summed E-state index contributed by atoms with van der Waals surface area (Å²) in [7, 11) is 1.98. The number of ether oxygens (including phenoxy) is 3. The van der Waals surface area contributed by atoms with Crippen LogP contribution in [0.25, 0.3) is 5.69 Å². The average Bonchev–Trinajstić information content (AvgIpc) is 2.77. The van der Waals surface area contributed by atoms with E-state index in [1.165, 1.54) is 25.4 Å². The number of methoxy groups -OCH3 is 1. The molecule has 10 nitrogen and oxygen atoms in total. The van der Waals surface area contributed by atoms with Crippen LogP contribution in [-0.4, -0.2) is 33.8 Å². The maximum absolute atomic E-state index is 14.6. The molecule has 0 unspecified atom stereocenters. The maximum atomic E-state index is 14.6. The largest absolute Gasteiger partial charge is 0.466 e. The molecule has 2 N–H and O–H groups in total. The molecule has 0 fully saturated rings. The summed E-state index contributed by atoms with van der Waals surface area (Å²) in [5.41, 5.74) is 0.519. The fraction of sp³-hybridized carbons (Fsp3) is 0.200. The van der Waals surface area contributed by atoms with Crippen LogP contribution in [0.15, 0.2) is 46.1 Å². The summed E-state index contributed by atoms with van der Waals surface area (Å²) in [5, 5.41) is 0. The summed E-state index contributed by atoms with van der Waals surface area (Å²) < 4.78 is 69.2. The van der Waals surface area contributed by atoms with Gasteiger partial charge in [-0.25, -0.2) is 23.5 Å². The minimum Gasteiger partial charge on any atom is -0.466 e. The van der Waals surface area contributed by atoms with Crippen molar-refractivity contribution in [3.8, 4) is 23.1 Å². The van der Waals surface area contributed by atoms with E-state index in [2.05, 4.69) is 9.72 Å². The summed E-state index contributed by atoms with van der Waals surface area (Å²) in [6.07, 6.45) is -3.79. The molecule has 34 heavy (non-hydrogen) atoms. The molecule has 0 amide bonds. The van der Waals surface area contributed by atoms with Gasteiger partial charge in [-0.2, -0.15) is 13.2 Å². The number of anilines is 1. The average molecular weight is 484 g/mol. The van der Waals surface area contributed by atoms with Gasteiger partial charge in [0.2, 0.25) is 5.88 Å². The molecule has 0 saturated carbocycles. The van der Waals surface area contributed by atoms with Crippen molar-refractivity contribution in [2.24, 2.45) is 7.05 Å². The van der Waals surface area contributed by atoms with E-state index < -0.39 is 40.6 Å². The van der Waals surface area contributed by atoms with Crippen LogP contribution in [0.2, 0.25) is 0 Å². The lowest BCUT2D eigenvalue weighted by Crippen LogP contribution is -2.41. The Labute approximate surface area is 187 Å². The van der Waals surface area contributed by atoms with Crippen LogP contribution in [0.1, 0.15) is 5.69 Å². The molecule has 0 radical (unpaired) electrons. The van der Waals surface area contributed by atoms with E-state index in [9.17, 15) is 31.9 Å². The number of benzene rings is 1. The number of hydrogen-bond donors (Lipinski definition) is 1. The Morgan fingerprint density at radius 1 is 1.18 bits per heavy atom. The van der Waals surface area contributed by atoms with Crippen molar-refractivity contribution in [3.63, 3.8) is 0 Å². The molecule has 14 heteroatoms. The van der Waals surface area contributed by atoms with Crippen LogP contribution in [0.4, 0.5) is 23.2 Å². The predicted octanol–water partition coefficient (Wildman–Crippen LogP) is 2.02. The van der Waals surface area contributed by atoms with E-state index in [1.54, 1.807) is 0 Å². The van der Waals surface area contributed by atoms with Gasteiger partial charge >= 0.3 is 17.8 Å². The van der Waals surface area contributed by atoms with Crippen molar-refractivity contribution in [2.75, 3.05) is 19.5 Å². The highest BCUT2D eigenvalue weighted by atomic mass is 19.4. The Hall–Kier alpha value is -4.36. The van der Waals surface area contributed by atoms with Gasteiger partial charge in [-0.1, -0.05) is 0 Å². The normalized spacial score (nSPS) is 11.2. The van der Waals surface area contributed by atoms with Gasteiger partial charge in [0.1, 0.15) is 17.3 Å². The Morgan fingerprint density at radius 2 is 1.88 bits per heavy atom. The highest BCUT2D eigenvalue weighted by Crippen LogP contribution is 2.32. The topological polar surface area (TPSA) is 128 Å². The van der Waals surface area contributed by atoms with Gasteiger partial charge in [-0.15, -0.1) is 0 Å². The number of halogens is 4. The molecule has 0 bridgehead atoms. The first kappa shape index (κ1) is 24.3.